The molecule has 210 valence electrons. The third-order valence-electron chi connectivity index (χ3n) is 6.23. The van der Waals surface area contributed by atoms with Crippen molar-refractivity contribution in [3.63, 3.8) is 0 Å². The van der Waals surface area contributed by atoms with Crippen LogP contribution in [0.3, 0.4) is 0 Å². The van der Waals surface area contributed by atoms with Crippen LogP contribution in [0.1, 0.15) is 28.2 Å². The zero-order valence-corrected chi connectivity index (χ0v) is 25.1. The normalized spacial score (nSPS) is 11.9. The largest absolute Gasteiger partial charge is 0.460 e. The summed E-state index contributed by atoms with van der Waals surface area (Å²) in [5.74, 6) is -0.0915. The number of amides is 1. The number of nitrogens with one attached hydrogen (secondary N) is 1. The van der Waals surface area contributed by atoms with E-state index in [0.29, 0.717) is 32.1 Å². The first-order valence-corrected chi connectivity index (χ1v) is 14.8. The summed E-state index contributed by atoms with van der Waals surface area (Å²) >= 11 is 18.2. The fourth-order valence-corrected chi connectivity index (χ4v) is 5.70. The molecular formula is C30H24Cl3N3O4S. The Morgan fingerprint density at radius 3 is 2.32 bits per heavy atom. The molecule has 4 aromatic rings. The molecule has 0 aliphatic carbocycles. The van der Waals surface area contributed by atoms with Crippen LogP contribution >= 0.6 is 34.8 Å². The number of hydrogen-bond acceptors (Lipinski definition) is 5. The highest BCUT2D eigenvalue weighted by atomic mass is 35.5. The quantitative estimate of drug-likeness (QED) is 0.151. The van der Waals surface area contributed by atoms with Gasteiger partial charge in [-0.1, -0.05) is 46.9 Å². The van der Waals surface area contributed by atoms with Crippen LogP contribution in [0.5, 0.6) is 0 Å². The van der Waals surface area contributed by atoms with Crippen LogP contribution in [0.15, 0.2) is 87.7 Å². The van der Waals surface area contributed by atoms with Gasteiger partial charge >= 0.3 is 0 Å². The molecule has 0 radical (unpaired) electrons. The first-order chi connectivity index (χ1) is 19.5. The summed E-state index contributed by atoms with van der Waals surface area (Å²) < 4.78 is 34.3. The lowest BCUT2D eigenvalue weighted by Crippen LogP contribution is -2.30. The van der Waals surface area contributed by atoms with Crippen LogP contribution in [0.4, 0.5) is 5.69 Å². The summed E-state index contributed by atoms with van der Waals surface area (Å²) in [4.78, 5) is 12.8. The van der Waals surface area contributed by atoms with E-state index in [2.05, 4.69) is 5.32 Å². The van der Waals surface area contributed by atoms with Crippen LogP contribution in [0.2, 0.25) is 15.1 Å². The molecule has 41 heavy (non-hydrogen) atoms. The minimum absolute atomic E-state index is 0.0322. The number of benzene rings is 3. The molecule has 0 atom stereocenters. The van der Waals surface area contributed by atoms with E-state index in [1.165, 1.54) is 34.6 Å². The number of aryl methyl sites for hydroxylation is 2. The Balaban J connectivity index is 1.59. The molecule has 0 saturated heterocycles. The third kappa shape index (κ3) is 7.59. The molecule has 0 unspecified atom stereocenters. The Bertz CT molecular complexity index is 1780. The molecule has 0 aliphatic rings. The van der Waals surface area contributed by atoms with Crippen LogP contribution in [0.25, 0.3) is 6.08 Å². The lowest BCUT2D eigenvalue weighted by molar-refractivity contribution is -0.112. The standard InChI is InChI=1S/C30H24Cl3N3O4S/c1-19-3-7-24(13-20(19)2)35-30(37)22(16-34)15-25-8-9-26(40-25)18-36(17-21-4-12-28(32)29(33)14-21)41(38,39)27-10-5-23(31)6-11-27/h3-15H,17-18H2,1-2H3,(H,35,37)/b22-15-. The van der Waals surface area contributed by atoms with E-state index in [1.807, 2.05) is 32.0 Å². The van der Waals surface area contributed by atoms with Crippen LogP contribution in [-0.2, 0) is 27.9 Å². The molecule has 1 N–H and O–H groups in total. The van der Waals surface area contributed by atoms with Gasteiger partial charge in [0.05, 0.1) is 21.5 Å². The summed E-state index contributed by atoms with van der Waals surface area (Å²) in [5, 5.41) is 13.4. The van der Waals surface area contributed by atoms with Crippen molar-refractivity contribution in [3.05, 3.63) is 122 Å². The maximum Gasteiger partial charge on any atom is 0.266 e. The fourth-order valence-electron chi connectivity index (χ4n) is 3.86. The van der Waals surface area contributed by atoms with Crippen LogP contribution < -0.4 is 5.32 Å². The number of carbonyl (C=O) groups excluding carboxylic acids is 1. The number of rotatable bonds is 9. The average molecular weight is 629 g/mol. The highest BCUT2D eigenvalue weighted by Gasteiger charge is 2.26. The SMILES string of the molecule is Cc1ccc(NC(=O)/C(C#N)=C\c2ccc(CN(Cc3ccc(Cl)c(Cl)c3)S(=O)(=O)c3ccc(Cl)cc3)o2)cc1C. The summed E-state index contributed by atoms with van der Waals surface area (Å²) in [7, 11) is -4.00. The first-order valence-electron chi connectivity index (χ1n) is 12.2. The average Bonchev–Trinajstić information content (AvgIpc) is 3.38. The molecule has 4 rings (SSSR count). The van der Waals surface area contributed by atoms with E-state index in [9.17, 15) is 18.5 Å². The minimum Gasteiger partial charge on any atom is -0.460 e. The van der Waals surface area contributed by atoms with Gasteiger partial charge in [-0.3, -0.25) is 4.79 Å². The van der Waals surface area contributed by atoms with Crippen molar-refractivity contribution in [1.82, 2.24) is 4.31 Å². The van der Waals surface area contributed by atoms with Crippen molar-refractivity contribution in [3.8, 4) is 6.07 Å². The van der Waals surface area contributed by atoms with Crippen LogP contribution in [0, 0.1) is 25.2 Å². The van der Waals surface area contributed by atoms with Gasteiger partial charge < -0.3 is 9.73 Å². The fraction of sp³-hybridized carbons (Fsp3) is 0.133. The van der Waals surface area contributed by atoms with Crippen molar-refractivity contribution in [2.75, 3.05) is 5.32 Å². The summed E-state index contributed by atoms with van der Waals surface area (Å²) in [6.07, 6.45) is 1.30. The Morgan fingerprint density at radius 1 is 0.927 bits per heavy atom. The Labute approximate surface area is 253 Å². The van der Waals surface area contributed by atoms with Gasteiger partial charge in [-0.15, -0.1) is 0 Å². The number of sulfonamides is 1. The number of nitriles is 1. The molecular weight excluding hydrogens is 605 g/mol. The molecule has 0 saturated carbocycles. The number of hydrogen-bond donors (Lipinski definition) is 1. The first kappa shape index (κ1) is 30.4. The maximum atomic E-state index is 13.6. The molecule has 0 bridgehead atoms. The Kier molecular flexibility index (Phi) is 9.59. The molecule has 7 nitrogen and oxygen atoms in total. The monoisotopic (exact) mass is 627 g/mol. The number of halogens is 3. The lowest BCUT2D eigenvalue weighted by Gasteiger charge is -2.22. The molecule has 1 heterocycles. The van der Waals surface area contributed by atoms with Gasteiger partial charge in [-0.25, -0.2) is 8.42 Å². The number of nitrogens with zero attached hydrogens (tertiary/aromatic N) is 2. The van der Waals surface area contributed by atoms with Crippen molar-refractivity contribution in [2.24, 2.45) is 0 Å². The molecule has 1 aromatic heterocycles. The van der Waals surface area contributed by atoms with Crippen molar-refractivity contribution >= 4 is 62.5 Å². The second-order valence-corrected chi connectivity index (χ2v) is 12.4. The van der Waals surface area contributed by atoms with E-state index < -0.39 is 15.9 Å². The minimum atomic E-state index is -4.00. The van der Waals surface area contributed by atoms with Gasteiger partial charge in [0.1, 0.15) is 23.2 Å². The molecule has 3 aromatic carbocycles. The maximum absolute atomic E-state index is 13.6. The third-order valence-corrected chi connectivity index (χ3v) is 9.02. The number of carbonyl (C=O) groups is 1. The molecule has 0 fully saturated rings. The Morgan fingerprint density at radius 2 is 1.66 bits per heavy atom. The summed E-state index contributed by atoms with van der Waals surface area (Å²) in [6.45, 7) is 3.71. The van der Waals surface area contributed by atoms with E-state index in [1.54, 1.807) is 36.4 Å². The van der Waals surface area contributed by atoms with E-state index in [-0.39, 0.29) is 29.3 Å². The van der Waals surface area contributed by atoms with Gasteiger partial charge in [-0.05, 0) is 91.2 Å². The predicted octanol–water partition coefficient (Wildman–Crippen LogP) is 7.79. The topological polar surface area (TPSA) is 103 Å². The smallest absolute Gasteiger partial charge is 0.266 e. The lowest BCUT2D eigenvalue weighted by atomic mass is 10.1. The van der Waals surface area contributed by atoms with E-state index in [4.69, 9.17) is 39.2 Å². The van der Waals surface area contributed by atoms with E-state index in [0.717, 1.165) is 11.1 Å². The van der Waals surface area contributed by atoms with Gasteiger partial charge in [0.25, 0.3) is 5.91 Å². The van der Waals surface area contributed by atoms with Crippen molar-refractivity contribution < 1.29 is 17.6 Å². The highest BCUT2D eigenvalue weighted by molar-refractivity contribution is 7.89. The predicted molar refractivity (Wildman–Crippen MR) is 161 cm³/mol. The number of anilines is 1. The number of furan rings is 1. The summed E-state index contributed by atoms with van der Waals surface area (Å²) in [5.41, 5.74) is 3.07. The van der Waals surface area contributed by atoms with Crippen LogP contribution in [-0.4, -0.2) is 18.6 Å². The van der Waals surface area contributed by atoms with Gasteiger partial charge in [0.2, 0.25) is 10.0 Å². The second kappa shape index (κ2) is 12.9. The van der Waals surface area contributed by atoms with Gasteiger partial charge in [0.15, 0.2) is 0 Å². The van der Waals surface area contributed by atoms with Gasteiger partial charge in [0, 0.05) is 23.3 Å². The van der Waals surface area contributed by atoms with Crippen molar-refractivity contribution in [2.45, 2.75) is 31.8 Å². The Hall–Kier alpha value is -3.58. The molecule has 11 heteroatoms. The highest BCUT2D eigenvalue weighted by Crippen LogP contribution is 2.27. The molecule has 0 aliphatic heterocycles. The van der Waals surface area contributed by atoms with Gasteiger partial charge in [-0.2, -0.15) is 9.57 Å². The zero-order chi connectivity index (χ0) is 29.7. The summed E-state index contributed by atoms with van der Waals surface area (Å²) in [6, 6.07) is 21.2. The second-order valence-electron chi connectivity index (χ2n) is 9.20. The molecule has 1 amide bonds. The van der Waals surface area contributed by atoms with E-state index >= 15 is 0 Å². The zero-order valence-electron chi connectivity index (χ0n) is 22.0. The molecule has 0 spiro atoms. The van der Waals surface area contributed by atoms with Crippen molar-refractivity contribution in [1.29, 1.82) is 5.26 Å².